The Bertz CT molecular complexity index is 1100. The third-order valence-corrected chi connectivity index (χ3v) is 4.38. The van der Waals surface area contributed by atoms with Crippen molar-refractivity contribution < 1.29 is 32.2 Å². The Hall–Kier alpha value is -3.82. The number of hydrogen-bond donors (Lipinski definition) is 0. The van der Waals surface area contributed by atoms with Gasteiger partial charge in [0.25, 0.3) is 0 Å². The highest BCUT2D eigenvalue weighted by atomic mass is 19.4. The number of aromatic nitrogens is 2. The van der Waals surface area contributed by atoms with Gasteiger partial charge >= 0.3 is 18.1 Å². The molecule has 0 aliphatic carbocycles. The second-order valence-corrected chi connectivity index (χ2v) is 6.41. The molecule has 1 aromatic heterocycles. The molecule has 0 N–H and O–H groups in total. The average molecular weight is 433 g/mol. The fraction of sp³-hybridized carbons (Fsp3) is 0.190. The molecule has 0 bridgehead atoms. The van der Waals surface area contributed by atoms with Gasteiger partial charge in [0.15, 0.2) is 0 Å². The number of rotatable bonds is 4. The molecule has 0 unspecified atom stereocenters. The summed E-state index contributed by atoms with van der Waals surface area (Å²) in [5.74, 6) is -1.54. The number of nitrogens with zero attached hydrogens (tertiary/aromatic N) is 3. The molecular formula is C21H18F3N3O4. The number of halogens is 3. The van der Waals surface area contributed by atoms with Gasteiger partial charge in [-0.3, -0.25) is 0 Å². The number of hydrogen-bond acceptors (Lipinski definition) is 6. The van der Waals surface area contributed by atoms with Gasteiger partial charge in [0.05, 0.1) is 31.2 Å². The van der Waals surface area contributed by atoms with Gasteiger partial charge in [-0.25, -0.2) is 14.3 Å². The van der Waals surface area contributed by atoms with Crippen molar-refractivity contribution in [2.45, 2.75) is 13.1 Å². The Morgan fingerprint density at radius 1 is 0.968 bits per heavy atom. The summed E-state index contributed by atoms with van der Waals surface area (Å²) in [6.07, 6.45) is 1.49. The van der Waals surface area contributed by atoms with Gasteiger partial charge in [-0.05, 0) is 49.4 Å². The number of carbonyl (C=O) groups excluding carboxylic acids is 2. The van der Waals surface area contributed by atoms with Crippen LogP contribution in [-0.2, 0) is 25.2 Å². The minimum Gasteiger partial charge on any atom is -0.465 e. The largest absolute Gasteiger partial charge is 0.465 e. The normalized spacial score (nSPS) is 13.9. The van der Waals surface area contributed by atoms with Gasteiger partial charge in [0.1, 0.15) is 11.4 Å². The monoisotopic (exact) mass is 433 g/mol. The lowest BCUT2D eigenvalue weighted by Gasteiger charge is -2.23. The molecule has 3 rings (SSSR count). The van der Waals surface area contributed by atoms with Crippen LogP contribution in [-0.4, -0.2) is 35.9 Å². The van der Waals surface area contributed by atoms with Gasteiger partial charge in [-0.1, -0.05) is 6.08 Å². The van der Waals surface area contributed by atoms with E-state index in [0.717, 1.165) is 10.7 Å². The highest BCUT2D eigenvalue weighted by molar-refractivity contribution is 6.05. The maximum Gasteiger partial charge on any atom is 0.433 e. The van der Waals surface area contributed by atoms with E-state index in [1.807, 2.05) is 0 Å². The van der Waals surface area contributed by atoms with Gasteiger partial charge in [0, 0.05) is 11.9 Å². The Morgan fingerprint density at radius 2 is 1.58 bits per heavy atom. The quantitative estimate of drug-likeness (QED) is 0.685. The van der Waals surface area contributed by atoms with Crippen molar-refractivity contribution in [3.8, 4) is 5.69 Å². The predicted molar refractivity (Wildman–Crippen MR) is 105 cm³/mol. The molecule has 0 atom stereocenters. The standard InChI is InChI=1S/C21H18F3N3O4/c1-13-12-17(21(22,23)24)27(25-13)15-9-7-14(8-10-15)26-11-5-4-6-16(19(28)30-2)18(26)20(29)31-3/h4-12H,1-3H3. The summed E-state index contributed by atoms with van der Waals surface area (Å²) in [6.45, 7) is 1.47. The first-order chi connectivity index (χ1) is 14.7. The molecule has 2 heterocycles. The Balaban J connectivity index is 2.07. The number of benzene rings is 1. The lowest BCUT2D eigenvalue weighted by molar-refractivity contribution is -0.143. The van der Waals surface area contributed by atoms with E-state index in [4.69, 9.17) is 9.47 Å². The molecule has 0 amide bonds. The lowest BCUT2D eigenvalue weighted by atomic mass is 10.1. The number of ether oxygens (including phenoxy) is 2. The Kier molecular flexibility index (Phi) is 6.00. The summed E-state index contributed by atoms with van der Waals surface area (Å²) in [6, 6.07) is 6.81. The number of anilines is 1. The van der Waals surface area contributed by atoms with Gasteiger partial charge in [-0.2, -0.15) is 18.3 Å². The zero-order valence-electron chi connectivity index (χ0n) is 16.8. The maximum absolute atomic E-state index is 13.3. The predicted octanol–water partition coefficient (Wildman–Crippen LogP) is 3.69. The van der Waals surface area contributed by atoms with Crippen LogP contribution in [0.15, 0.2) is 66.0 Å². The number of alkyl halides is 3. The Labute approximate surface area is 175 Å². The number of aryl methyl sites for hydroxylation is 1. The molecular weight excluding hydrogens is 415 g/mol. The highest BCUT2D eigenvalue weighted by Crippen LogP contribution is 2.32. The molecule has 7 nitrogen and oxygen atoms in total. The summed E-state index contributed by atoms with van der Waals surface area (Å²) in [4.78, 5) is 26.0. The molecule has 31 heavy (non-hydrogen) atoms. The average Bonchev–Trinajstić information content (AvgIpc) is 3.02. The van der Waals surface area contributed by atoms with Crippen molar-refractivity contribution in [2.24, 2.45) is 0 Å². The van der Waals surface area contributed by atoms with Crippen molar-refractivity contribution in [3.63, 3.8) is 0 Å². The van der Waals surface area contributed by atoms with Gasteiger partial charge < -0.3 is 14.4 Å². The van der Waals surface area contributed by atoms with Crippen LogP contribution >= 0.6 is 0 Å². The zero-order chi connectivity index (χ0) is 22.8. The van der Waals surface area contributed by atoms with Crippen LogP contribution in [0.25, 0.3) is 5.69 Å². The first-order valence-corrected chi connectivity index (χ1v) is 8.96. The van der Waals surface area contributed by atoms with E-state index in [9.17, 15) is 22.8 Å². The second-order valence-electron chi connectivity index (χ2n) is 6.41. The molecule has 162 valence electrons. The van der Waals surface area contributed by atoms with Crippen LogP contribution in [0, 0.1) is 6.92 Å². The van der Waals surface area contributed by atoms with Crippen molar-refractivity contribution in [1.82, 2.24) is 9.78 Å². The molecule has 10 heteroatoms. The molecule has 0 fully saturated rings. The van der Waals surface area contributed by atoms with Crippen LogP contribution < -0.4 is 4.90 Å². The minimum atomic E-state index is -4.57. The van der Waals surface area contributed by atoms with Crippen LogP contribution in [0.4, 0.5) is 18.9 Å². The zero-order valence-corrected chi connectivity index (χ0v) is 16.8. The van der Waals surface area contributed by atoms with E-state index in [2.05, 4.69) is 5.10 Å². The third kappa shape index (κ3) is 4.37. The van der Waals surface area contributed by atoms with Crippen LogP contribution in [0.3, 0.4) is 0 Å². The highest BCUT2D eigenvalue weighted by Gasteiger charge is 2.36. The number of carbonyl (C=O) groups is 2. The number of allylic oxidation sites excluding steroid dienone is 2. The first-order valence-electron chi connectivity index (χ1n) is 8.96. The smallest absolute Gasteiger partial charge is 0.433 e. The number of methoxy groups -OCH3 is 2. The van der Waals surface area contributed by atoms with E-state index in [0.29, 0.717) is 5.69 Å². The molecule has 0 saturated carbocycles. The van der Waals surface area contributed by atoms with Crippen molar-refractivity contribution in [2.75, 3.05) is 19.1 Å². The summed E-state index contributed by atoms with van der Waals surface area (Å²) < 4.78 is 50.3. The number of esters is 2. The summed E-state index contributed by atoms with van der Waals surface area (Å²) in [5.41, 5.74) is -0.236. The molecule has 0 spiro atoms. The van der Waals surface area contributed by atoms with E-state index in [-0.39, 0.29) is 22.7 Å². The molecule has 0 radical (unpaired) electrons. The van der Waals surface area contributed by atoms with Crippen molar-refractivity contribution in [3.05, 3.63) is 77.4 Å². The van der Waals surface area contributed by atoms with Crippen molar-refractivity contribution >= 4 is 17.6 Å². The van der Waals surface area contributed by atoms with E-state index in [1.165, 1.54) is 62.6 Å². The first kappa shape index (κ1) is 21.9. The Morgan fingerprint density at radius 3 is 2.16 bits per heavy atom. The fourth-order valence-electron chi connectivity index (χ4n) is 3.02. The SMILES string of the molecule is COC(=O)C1=C(C(=O)OC)N(c2ccc(-n3nc(C)cc3C(F)(F)F)cc2)C=CC=C1. The molecule has 2 aromatic rings. The molecule has 1 aromatic carbocycles. The third-order valence-electron chi connectivity index (χ3n) is 4.38. The van der Waals surface area contributed by atoms with E-state index >= 15 is 0 Å². The summed E-state index contributed by atoms with van der Waals surface area (Å²) in [7, 11) is 2.35. The molecule has 0 saturated heterocycles. The van der Waals surface area contributed by atoms with E-state index in [1.54, 1.807) is 12.2 Å². The maximum atomic E-state index is 13.3. The summed E-state index contributed by atoms with van der Waals surface area (Å²) >= 11 is 0. The molecule has 1 aliphatic heterocycles. The van der Waals surface area contributed by atoms with Crippen LogP contribution in [0.1, 0.15) is 11.4 Å². The minimum absolute atomic E-state index is 0.0366. The second kappa shape index (κ2) is 8.50. The summed E-state index contributed by atoms with van der Waals surface area (Å²) in [5, 5.41) is 3.92. The van der Waals surface area contributed by atoms with Crippen molar-refractivity contribution in [1.29, 1.82) is 0 Å². The van der Waals surface area contributed by atoms with Gasteiger partial charge in [-0.15, -0.1) is 0 Å². The van der Waals surface area contributed by atoms with Crippen LogP contribution in [0.5, 0.6) is 0 Å². The topological polar surface area (TPSA) is 73.7 Å². The van der Waals surface area contributed by atoms with Crippen LogP contribution in [0.2, 0.25) is 0 Å². The molecule has 1 aliphatic rings. The lowest BCUT2D eigenvalue weighted by Crippen LogP contribution is -2.27. The van der Waals surface area contributed by atoms with Gasteiger partial charge in [0.2, 0.25) is 0 Å². The fourth-order valence-corrected chi connectivity index (χ4v) is 3.02. The van der Waals surface area contributed by atoms with E-state index < -0.39 is 23.8 Å².